The molecule has 0 heterocycles. The van der Waals surface area contributed by atoms with Crippen LogP contribution in [-0.4, -0.2) is 10.9 Å². The van der Waals surface area contributed by atoms with Gasteiger partial charge in [0, 0.05) is 4.47 Å². The van der Waals surface area contributed by atoms with E-state index < -0.39 is 5.41 Å². The highest BCUT2D eigenvalue weighted by Gasteiger charge is 2.34. The predicted octanol–water partition coefficient (Wildman–Crippen LogP) is 3.09. The molecule has 1 atom stereocenters. The number of anilines is 1. The Morgan fingerprint density at radius 3 is 2.59 bits per heavy atom. The lowest BCUT2D eigenvalue weighted by atomic mass is 9.86. The molecule has 0 aliphatic carbocycles. The number of amides is 1. The molecule has 0 fully saturated rings. The number of carbonyl (C=O) groups is 1. The highest BCUT2D eigenvalue weighted by atomic mass is 79.9. The van der Waals surface area contributed by atoms with Gasteiger partial charge in [-0.05, 0) is 41.4 Å². The zero-order valence-electron chi connectivity index (χ0n) is 9.79. The third-order valence-corrected chi connectivity index (χ3v) is 4.02. The summed E-state index contributed by atoms with van der Waals surface area (Å²) in [6.45, 7) is 3.64. The largest absolute Gasteiger partial charge is 0.392 e. The molecule has 0 bridgehead atoms. The molecule has 0 aliphatic rings. The van der Waals surface area contributed by atoms with E-state index in [9.17, 15) is 4.79 Å². The zero-order valence-corrected chi connectivity index (χ0v) is 12.2. The summed E-state index contributed by atoms with van der Waals surface area (Å²) in [5.74, 6) is -0.181. The Balaban J connectivity index is 2.93. The van der Waals surface area contributed by atoms with Gasteiger partial charge in [-0.25, -0.2) is 0 Å². The smallest absolute Gasteiger partial charge is 0.237 e. The molecule has 92 valence electrons. The summed E-state index contributed by atoms with van der Waals surface area (Å²) in [4.78, 5) is 12.4. The van der Waals surface area contributed by atoms with Gasteiger partial charge in [-0.2, -0.15) is 0 Å². The van der Waals surface area contributed by atoms with E-state index in [0.717, 1.165) is 4.47 Å². The average molecular weight is 315 g/mol. The maximum Gasteiger partial charge on any atom is 0.237 e. The first-order valence-corrected chi connectivity index (χ1v) is 6.48. The topological polar surface area (TPSA) is 55.1 Å². The molecule has 0 saturated carbocycles. The fourth-order valence-electron chi connectivity index (χ4n) is 1.27. The summed E-state index contributed by atoms with van der Waals surface area (Å²) in [6, 6.07) is 7.41. The summed E-state index contributed by atoms with van der Waals surface area (Å²) in [5, 5.41) is 2.83. The van der Waals surface area contributed by atoms with Gasteiger partial charge in [0.1, 0.15) is 0 Å². The lowest BCUT2D eigenvalue weighted by Gasteiger charge is -2.25. The number of para-hydroxylation sites is 1. The van der Waals surface area contributed by atoms with E-state index in [1.807, 2.05) is 31.2 Å². The highest BCUT2D eigenvalue weighted by molar-refractivity contribution is 9.10. The van der Waals surface area contributed by atoms with Gasteiger partial charge in [-0.15, -0.1) is 0 Å². The molecule has 1 unspecified atom stereocenters. The molecule has 1 aromatic carbocycles. The van der Waals surface area contributed by atoms with E-state index in [2.05, 4.69) is 21.2 Å². The van der Waals surface area contributed by atoms with Gasteiger partial charge in [-0.1, -0.05) is 31.3 Å². The maximum atomic E-state index is 12.2. The van der Waals surface area contributed by atoms with Crippen LogP contribution in [0.1, 0.15) is 20.3 Å². The first-order valence-electron chi connectivity index (χ1n) is 5.27. The number of rotatable bonds is 4. The van der Waals surface area contributed by atoms with Crippen molar-refractivity contribution >= 4 is 44.7 Å². The molecule has 0 radical (unpaired) electrons. The molecule has 1 rings (SSSR count). The fraction of sp³-hybridized carbons (Fsp3) is 0.333. The summed E-state index contributed by atoms with van der Waals surface area (Å²) < 4.78 is 0.828. The van der Waals surface area contributed by atoms with Crippen LogP contribution in [0.2, 0.25) is 0 Å². The quantitative estimate of drug-likeness (QED) is 0.840. The van der Waals surface area contributed by atoms with Crippen molar-refractivity contribution in [2.75, 3.05) is 5.32 Å². The molecule has 0 aromatic heterocycles. The van der Waals surface area contributed by atoms with Crippen LogP contribution in [0.3, 0.4) is 0 Å². The second-order valence-corrected chi connectivity index (χ2v) is 5.28. The molecule has 1 amide bonds. The lowest BCUT2D eigenvalue weighted by Crippen LogP contribution is -2.43. The van der Waals surface area contributed by atoms with Crippen LogP contribution in [-0.2, 0) is 4.79 Å². The van der Waals surface area contributed by atoms with Crippen LogP contribution in [0, 0.1) is 5.41 Å². The van der Waals surface area contributed by atoms with Crippen molar-refractivity contribution in [3.8, 4) is 0 Å². The Hall–Kier alpha value is -0.940. The van der Waals surface area contributed by atoms with Gasteiger partial charge < -0.3 is 11.1 Å². The molecule has 0 spiro atoms. The van der Waals surface area contributed by atoms with Crippen LogP contribution in [0.5, 0.6) is 0 Å². The van der Waals surface area contributed by atoms with Crippen LogP contribution in [0.4, 0.5) is 5.69 Å². The molecule has 3 nitrogen and oxygen atoms in total. The lowest BCUT2D eigenvalue weighted by molar-refractivity contribution is -0.121. The van der Waals surface area contributed by atoms with Gasteiger partial charge in [0.15, 0.2) is 0 Å². The molecule has 0 aliphatic heterocycles. The van der Waals surface area contributed by atoms with Crippen molar-refractivity contribution in [1.82, 2.24) is 0 Å². The van der Waals surface area contributed by atoms with Crippen LogP contribution >= 0.6 is 28.1 Å². The molecule has 0 saturated heterocycles. The summed E-state index contributed by atoms with van der Waals surface area (Å²) >= 11 is 8.33. The van der Waals surface area contributed by atoms with Crippen molar-refractivity contribution in [3.63, 3.8) is 0 Å². The third-order valence-electron chi connectivity index (χ3n) is 2.87. The molecule has 5 heteroatoms. The van der Waals surface area contributed by atoms with Crippen LogP contribution in [0.25, 0.3) is 0 Å². The van der Waals surface area contributed by atoms with E-state index >= 15 is 0 Å². The Morgan fingerprint density at radius 2 is 2.12 bits per heavy atom. The molecular formula is C12H15BrN2OS. The maximum absolute atomic E-state index is 12.2. The van der Waals surface area contributed by atoms with Gasteiger partial charge in [0.2, 0.25) is 5.91 Å². The number of nitrogens with one attached hydrogen (secondary N) is 1. The third kappa shape index (κ3) is 3.04. The van der Waals surface area contributed by atoms with Crippen molar-refractivity contribution in [2.24, 2.45) is 11.1 Å². The number of hydrogen-bond donors (Lipinski definition) is 2. The Bertz CT molecular complexity index is 450. The minimum Gasteiger partial charge on any atom is -0.392 e. The van der Waals surface area contributed by atoms with Gasteiger partial charge in [0.05, 0.1) is 16.1 Å². The summed E-state index contributed by atoms with van der Waals surface area (Å²) in [6.07, 6.45) is 0.568. The van der Waals surface area contributed by atoms with Crippen LogP contribution < -0.4 is 11.1 Å². The van der Waals surface area contributed by atoms with Crippen molar-refractivity contribution in [2.45, 2.75) is 20.3 Å². The average Bonchev–Trinajstić information content (AvgIpc) is 2.30. The minimum atomic E-state index is -0.815. The fourth-order valence-corrected chi connectivity index (χ4v) is 1.89. The summed E-state index contributed by atoms with van der Waals surface area (Å²) in [5.41, 5.74) is 5.53. The Kier molecular flexibility index (Phi) is 4.65. The standard InChI is InChI=1S/C12H15BrN2OS/c1-3-12(2,10(14)17)11(16)15-9-7-5-4-6-8(9)13/h4-7H,3H2,1-2H3,(H2,14,17)(H,15,16). The zero-order chi connectivity index (χ0) is 13.1. The Morgan fingerprint density at radius 1 is 1.53 bits per heavy atom. The SMILES string of the molecule is CCC(C)(C(=O)Nc1ccccc1Br)C(N)=S. The number of benzene rings is 1. The number of thiocarbonyl (C=S) groups is 1. The first-order chi connectivity index (χ1) is 7.91. The molecular weight excluding hydrogens is 300 g/mol. The van der Waals surface area contributed by atoms with E-state index in [1.165, 1.54) is 0 Å². The first kappa shape index (κ1) is 14.1. The number of carbonyl (C=O) groups excluding carboxylic acids is 1. The van der Waals surface area contributed by atoms with Crippen molar-refractivity contribution in [1.29, 1.82) is 0 Å². The minimum absolute atomic E-state index is 0.181. The van der Waals surface area contributed by atoms with Gasteiger partial charge in [0.25, 0.3) is 0 Å². The molecule has 1 aromatic rings. The highest BCUT2D eigenvalue weighted by Crippen LogP contribution is 2.27. The number of nitrogens with two attached hydrogens (primary N) is 1. The molecule has 3 N–H and O–H groups in total. The van der Waals surface area contributed by atoms with Gasteiger partial charge in [-0.3, -0.25) is 4.79 Å². The second-order valence-electron chi connectivity index (χ2n) is 3.98. The predicted molar refractivity (Wildman–Crippen MR) is 78.0 cm³/mol. The van der Waals surface area contributed by atoms with Crippen molar-refractivity contribution < 1.29 is 4.79 Å². The van der Waals surface area contributed by atoms with E-state index in [0.29, 0.717) is 12.1 Å². The van der Waals surface area contributed by atoms with Crippen molar-refractivity contribution in [3.05, 3.63) is 28.7 Å². The summed E-state index contributed by atoms with van der Waals surface area (Å²) in [7, 11) is 0. The molecule has 17 heavy (non-hydrogen) atoms. The number of hydrogen-bond acceptors (Lipinski definition) is 2. The van der Waals surface area contributed by atoms with E-state index in [-0.39, 0.29) is 10.9 Å². The monoisotopic (exact) mass is 314 g/mol. The van der Waals surface area contributed by atoms with E-state index in [4.69, 9.17) is 18.0 Å². The normalized spacial score (nSPS) is 13.8. The van der Waals surface area contributed by atoms with E-state index in [1.54, 1.807) is 6.92 Å². The Labute approximate surface area is 115 Å². The number of halogens is 1. The second kappa shape index (κ2) is 5.60. The van der Waals surface area contributed by atoms with Crippen LogP contribution in [0.15, 0.2) is 28.7 Å². The van der Waals surface area contributed by atoms with Gasteiger partial charge >= 0.3 is 0 Å².